The minimum Gasteiger partial charge on any atom is -0.509 e. The van der Waals surface area contributed by atoms with Crippen LogP contribution in [0, 0.1) is 0 Å². The lowest BCUT2D eigenvalue weighted by Crippen LogP contribution is -2.36. The molecule has 1 aromatic heterocycles. The zero-order valence-electron chi connectivity index (χ0n) is 14.4. The van der Waals surface area contributed by atoms with Crippen molar-refractivity contribution in [3.63, 3.8) is 0 Å². The topological polar surface area (TPSA) is 103 Å². The predicted octanol–water partition coefficient (Wildman–Crippen LogP) is 2.82. The van der Waals surface area contributed by atoms with Crippen molar-refractivity contribution in [2.24, 2.45) is 5.16 Å². The molecule has 1 aliphatic carbocycles. The van der Waals surface area contributed by atoms with Gasteiger partial charge >= 0.3 is 0 Å². The standard InChI is InChI=1S/C18H20N4O3/c1-10(23)8-25-22-16-13-7-11(24-4)5-6-12(13)15-14(18(16,2)3)17(19)21-9-20-15/h5-7,9,23H,1,8H2,2-4H3,(H2,19,20,21)/b22-16+. The molecule has 0 aliphatic heterocycles. The number of hydrogen-bond acceptors (Lipinski definition) is 7. The monoisotopic (exact) mass is 340 g/mol. The van der Waals surface area contributed by atoms with Crippen molar-refractivity contribution < 1.29 is 14.7 Å². The molecular weight excluding hydrogens is 320 g/mol. The highest BCUT2D eigenvalue weighted by molar-refractivity contribution is 6.15. The van der Waals surface area contributed by atoms with E-state index in [1.165, 1.54) is 6.33 Å². The van der Waals surface area contributed by atoms with Gasteiger partial charge in [-0.2, -0.15) is 0 Å². The second kappa shape index (κ2) is 6.08. The molecular formula is C18H20N4O3. The van der Waals surface area contributed by atoms with Gasteiger partial charge in [0.25, 0.3) is 0 Å². The van der Waals surface area contributed by atoms with Gasteiger partial charge in [0, 0.05) is 22.1 Å². The lowest BCUT2D eigenvalue weighted by atomic mass is 9.70. The summed E-state index contributed by atoms with van der Waals surface area (Å²) in [7, 11) is 1.60. The molecule has 1 aromatic carbocycles. The number of anilines is 1. The summed E-state index contributed by atoms with van der Waals surface area (Å²) in [5.74, 6) is 0.988. The first-order valence-electron chi connectivity index (χ1n) is 7.73. The molecule has 1 heterocycles. The number of oxime groups is 1. The van der Waals surface area contributed by atoms with Gasteiger partial charge in [-0.1, -0.05) is 11.7 Å². The molecule has 130 valence electrons. The van der Waals surface area contributed by atoms with Crippen LogP contribution in [0.1, 0.15) is 25.0 Å². The van der Waals surface area contributed by atoms with Gasteiger partial charge in [-0.05, 0) is 32.0 Å². The minimum atomic E-state index is -0.600. The molecule has 0 spiro atoms. The fourth-order valence-electron chi connectivity index (χ4n) is 3.06. The zero-order valence-corrected chi connectivity index (χ0v) is 14.4. The van der Waals surface area contributed by atoms with Crippen LogP contribution in [0.25, 0.3) is 11.3 Å². The van der Waals surface area contributed by atoms with E-state index < -0.39 is 5.41 Å². The molecule has 1 aliphatic rings. The molecule has 3 N–H and O–H groups in total. The third-order valence-electron chi connectivity index (χ3n) is 4.22. The number of nitrogen functional groups attached to an aromatic ring is 1. The Bertz CT molecular complexity index is 875. The van der Waals surface area contributed by atoms with E-state index in [0.717, 1.165) is 22.4 Å². The van der Waals surface area contributed by atoms with Crippen molar-refractivity contribution in [3.8, 4) is 17.0 Å². The smallest absolute Gasteiger partial charge is 0.173 e. The van der Waals surface area contributed by atoms with Crippen LogP contribution >= 0.6 is 0 Å². The second-order valence-corrected chi connectivity index (χ2v) is 6.30. The number of benzene rings is 1. The highest BCUT2D eigenvalue weighted by Gasteiger charge is 2.40. The van der Waals surface area contributed by atoms with Crippen LogP contribution in [0.3, 0.4) is 0 Å². The third kappa shape index (κ3) is 2.77. The van der Waals surface area contributed by atoms with E-state index in [1.54, 1.807) is 7.11 Å². The van der Waals surface area contributed by atoms with E-state index in [-0.39, 0.29) is 12.4 Å². The fourth-order valence-corrected chi connectivity index (χ4v) is 3.06. The molecule has 0 fully saturated rings. The van der Waals surface area contributed by atoms with Gasteiger partial charge in [0.2, 0.25) is 0 Å². The first-order valence-corrected chi connectivity index (χ1v) is 7.73. The van der Waals surface area contributed by atoms with E-state index >= 15 is 0 Å². The Labute approximate surface area is 145 Å². The minimum absolute atomic E-state index is 0.0908. The van der Waals surface area contributed by atoms with Crippen molar-refractivity contribution in [2.75, 3.05) is 19.5 Å². The van der Waals surface area contributed by atoms with Gasteiger partial charge in [0.15, 0.2) is 6.61 Å². The predicted molar refractivity (Wildman–Crippen MR) is 95.7 cm³/mol. The van der Waals surface area contributed by atoms with Crippen LogP contribution in [0.2, 0.25) is 0 Å². The molecule has 0 saturated heterocycles. The Morgan fingerprint density at radius 3 is 2.76 bits per heavy atom. The van der Waals surface area contributed by atoms with E-state index in [4.69, 9.17) is 15.3 Å². The van der Waals surface area contributed by atoms with Gasteiger partial charge in [-0.15, -0.1) is 0 Å². The van der Waals surface area contributed by atoms with Crippen molar-refractivity contribution >= 4 is 11.5 Å². The summed E-state index contributed by atoms with van der Waals surface area (Å²) >= 11 is 0. The number of rotatable bonds is 4. The Hall–Kier alpha value is -3.09. The number of methoxy groups -OCH3 is 1. The third-order valence-corrected chi connectivity index (χ3v) is 4.22. The normalized spacial score (nSPS) is 16.0. The SMILES string of the molecule is C=C(O)CO/N=C1\c2cc(OC)ccc2-c2ncnc(N)c2C1(C)C. The summed E-state index contributed by atoms with van der Waals surface area (Å²) in [6.07, 6.45) is 1.45. The van der Waals surface area contributed by atoms with Crippen LogP contribution in [-0.4, -0.2) is 34.5 Å². The number of hydrogen-bond donors (Lipinski definition) is 2. The maximum Gasteiger partial charge on any atom is 0.173 e. The van der Waals surface area contributed by atoms with Crippen molar-refractivity contribution in [1.29, 1.82) is 0 Å². The van der Waals surface area contributed by atoms with E-state index in [2.05, 4.69) is 21.7 Å². The summed E-state index contributed by atoms with van der Waals surface area (Å²) in [4.78, 5) is 13.8. The summed E-state index contributed by atoms with van der Waals surface area (Å²) < 4.78 is 5.34. The average molecular weight is 340 g/mol. The zero-order chi connectivity index (χ0) is 18.2. The highest BCUT2D eigenvalue weighted by Crippen LogP contribution is 2.45. The Balaban J connectivity index is 2.26. The molecule has 7 nitrogen and oxygen atoms in total. The summed E-state index contributed by atoms with van der Waals surface area (Å²) in [5, 5.41) is 13.5. The maximum atomic E-state index is 9.24. The van der Waals surface area contributed by atoms with Gasteiger partial charge in [-0.3, -0.25) is 0 Å². The molecule has 0 saturated carbocycles. The molecule has 2 aromatic rings. The van der Waals surface area contributed by atoms with Crippen molar-refractivity contribution in [1.82, 2.24) is 9.97 Å². The number of aromatic nitrogens is 2. The largest absolute Gasteiger partial charge is 0.509 e. The number of nitrogens with zero attached hydrogens (tertiary/aromatic N) is 3. The van der Waals surface area contributed by atoms with Gasteiger partial charge in [0.05, 0.1) is 18.5 Å². The van der Waals surface area contributed by atoms with Crippen molar-refractivity contribution in [3.05, 3.63) is 48.0 Å². The lowest BCUT2D eigenvalue weighted by molar-refractivity contribution is 0.136. The first kappa shape index (κ1) is 16.8. The Morgan fingerprint density at radius 1 is 1.32 bits per heavy atom. The lowest BCUT2D eigenvalue weighted by Gasteiger charge is -2.34. The van der Waals surface area contributed by atoms with Gasteiger partial charge < -0.3 is 20.4 Å². The summed E-state index contributed by atoms with van der Waals surface area (Å²) in [6, 6.07) is 5.65. The van der Waals surface area contributed by atoms with E-state index in [0.29, 0.717) is 17.3 Å². The molecule has 25 heavy (non-hydrogen) atoms. The molecule has 7 heteroatoms. The number of ether oxygens (including phenoxy) is 1. The molecule has 0 radical (unpaired) electrons. The number of aliphatic hydroxyl groups excluding tert-OH is 1. The molecule has 3 rings (SSSR count). The van der Waals surface area contributed by atoms with Crippen molar-refractivity contribution in [2.45, 2.75) is 19.3 Å². The molecule has 0 unspecified atom stereocenters. The molecule has 0 atom stereocenters. The highest BCUT2D eigenvalue weighted by atomic mass is 16.6. The summed E-state index contributed by atoms with van der Waals surface area (Å²) in [6.45, 7) is 7.26. The number of aliphatic hydroxyl groups is 1. The second-order valence-electron chi connectivity index (χ2n) is 6.30. The van der Waals surface area contributed by atoms with E-state index in [9.17, 15) is 5.11 Å². The van der Waals surface area contributed by atoms with Gasteiger partial charge in [-0.25, -0.2) is 9.97 Å². The Kier molecular flexibility index (Phi) is 4.08. The Morgan fingerprint density at radius 2 is 2.08 bits per heavy atom. The maximum absolute atomic E-state index is 9.24. The average Bonchev–Trinajstić information content (AvgIpc) is 2.56. The molecule has 0 bridgehead atoms. The van der Waals surface area contributed by atoms with Gasteiger partial charge in [0.1, 0.15) is 23.7 Å². The van der Waals surface area contributed by atoms with Crippen LogP contribution < -0.4 is 10.5 Å². The number of fused-ring (bicyclic) bond motifs is 3. The van der Waals surface area contributed by atoms with Crippen LogP contribution in [0.5, 0.6) is 5.75 Å². The quantitative estimate of drug-likeness (QED) is 0.655. The fraction of sp³-hybridized carbons (Fsp3) is 0.278. The first-order chi connectivity index (χ1) is 11.9. The summed E-state index contributed by atoms with van der Waals surface area (Å²) in [5.41, 5.74) is 9.45. The van der Waals surface area contributed by atoms with E-state index in [1.807, 2.05) is 32.0 Å². The number of nitrogens with two attached hydrogens (primary N) is 1. The van der Waals surface area contributed by atoms with Crippen LogP contribution in [0.15, 0.2) is 42.0 Å². The van der Waals surface area contributed by atoms with Crippen LogP contribution in [0.4, 0.5) is 5.82 Å². The molecule has 0 amide bonds. The van der Waals surface area contributed by atoms with Crippen LogP contribution in [-0.2, 0) is 10.3 Å².